The van der Waals surface area contributed by atoms with E-state index in [2.05, 4.69) is 56.7 Å². The van der Waals surface area contributed by atoms with Gasteiger partial charge >= 0.3 is 0 Å². The first-order chi connectivity index (χ1) is 13.6. The minimum Gasteiger partial charge on any atom is -0.372 e. The Morgan fingerprint density at radius 3 is 2.14 bits per heavy atom. The van der Waals surface area contributed by atoms with Crippen molar-refractivity contribution in [1.82, 2.24) is 15.2 Å². The van der Waals surface area contributed by atoms with Gasteiger partial charge in [-0.25, -0.2) is 0 Å². The number of anilines is 5. The predicted octanol–water partition coefficient (Wildman–Crippen LogP) is 4.41. The fourth-order valence-electron chi connectivity index (χ4n) is 2.83. The van der Waals surface area contributed by atoms with Crippen LogP contribution in [0.2, 0.25) is 0 Å². The molecule has 1 heterocycles. The van der Waals surface area contributed by atoms with E-state index >= 15 is 0 Å². The standard InChI is InChI=1S/C21H24N6O/c1-4-27(5-2)19-12-10-17(11-13-19)23-20-14-22-26-21(25-20)24-18-8-6-16(7-9-18)15(3)28/h6-14H,4-5H2,1-3H3,(H2,23,24,25,26). The Morgan fingerprint density at radius 2 is 1.54 bits per heavy atom. The molecule has 0 atom stereocenters. The summed E-state index contributed by atoms with van der Waals surface area (Å²) in [6.45, 7) is 7.77. The summed E-state index contributed by atoms with van der Waals surface area (Å²) >= 11 is 0. The molecule has 28 heavy (non-hydrogen) atoms. The zero-order valence-electron chi connectivity index (χ0n) is 16.3. The highest BCUT2D eigenvalue weighted by Crippen LogP contribution is 2.21. The van der Waals surface area contributed by atoms with E-state index in [1.165, 1.54) is 5.69 Å². The molecule has 0 aliphatic carbocycles. The largest absolute Gasteiger partial charge is 0.372 e. The van der Waals surface area contributed by atoms with Crippen molar-refractivity contribution in [2.24, 2.45) is 0 Å². The maximum absolute atomic E-state index is 11.4. The maximum atomic E-state index is 11.4. The normalized spacial score (nSPS) is 10.4. The molecule has 1 aromatic heterocycles. The van der Waals surface area contributed by atoms with Crippen LogP contribution in [0.3, 0.4) is 0 Å². The summed E-state index contributed by atoms with van der Waals surface area (Å²) < 4.78 is 0. The Labute approximate surface area is 164 Å². The van der Waals surface area contributed by atoms with Crippen molar-refractivity contribution in [3.05, 3.63) is 60.3 Å². The minimum atomic E-state index is 0.0303. The lowest BCUT2D eigenvalue weighted by molar-refractivity contribution is 0.101. The summed E-state index contributed by atoms with van der Waals surface area (Å²) in [5.74, 6) is 0.997. The smallest absolute Gasteiger partial charge is 0.249 e. The Kier molecular flexibility index (Phi) is 6.16. The van der Waals surface area contributed by atoms with Crippen molar-refractivity contribution >= 4 is 34.6 Å². The van der Waals surface area contributed by atoms with Gasteiger partial charge in [-0.2, -0.15) is 10.1 Å². The van der Waals surface area contributed by atoms with Crippen LogP contribution in [0.5, 0.6) is 0 Å². The second kappa shape index (κ2) is 8.94. The number of hydrogen-bond donors (Lipinski definition) is 2. The van der Waals surface area contributed by atoms with Crippen LogP contribution in [0.15, 0.2) is 54.7 Å². The predicted molar refractivity (Wildman–Crippen MR) is 113 cm³/mol. The van der Waals surface area contributed by atoms with Crippen LogP contribution < -0.4 is 15.5 Å². The van der Waals surface area contributed by atoms with Gasteiger partial charge in [-0.05, 0) is 69.3 Å². The van der Waals surface area contributed by atoms with Crippen LogP contribution in [0.1, 0.15) is 31.1 Å². The number of Topliss-reactive ketones (excluding diaryl/α,β-unsaturated/α-hetero) is 1. The third-order valence-electron chi connectivity index (χ3n) is 4.37. The highest BCUT2D eigenvalue weighted by Gasteiger charge is 2.05. The van der Waals surface area contributed by atoms with Gasteiger partial charge in [0.25, 0.3) is 0 Å². The first-order valence-corrected chi connectivity index (χ1v) is 9.28. The molecule has 0 spiro atoms. The van der Waals surface area contributed by atoms with Crippen LogP contribution in [-0.4, -0.2) is 34.1 Å². The van der Waals surface area contributed by atoms with E-state index < -0.39 is 0 Å². The molecule has 7 heteroatoms. The molecule has 0 saturated carbocycles. The van der Waals surface area contributed by atoms with Crippen LogP contribution in [0.25, 0.3) is 0 Å². The van der Waals surface area contributed by atoms with Crippen molar-refractivity contribution < 1.29 is 4.79 Å². The van der Waals surface area contributed by atoms with Crippen molar-refractivity contribution in [3.63, 3.8) is 0 Å². The molecule has 0 saturated heterocycles. The first-order valence-electron chi connectivity index (χ1n) is 9.28. The van der Waals surface area contributed by atoms with E-state index in [1.807, 2.05) is 24.3 Å². The second-order valence-corrected chi connectivity index (χ2v) is 6.27. The molecule has 0 radical (unpaired) electrons. The minimum absolute atomic E-state index is 0.0303. The van der Waals surface area contributed by atoms with E-state index in [4.69, 9.17) is 0 Å². The number of nitrogens with zero attached hydrogens (tertiary/aromatic N) is 4. The van der Waals surface area contributed by atoms with Gasteiger partial charge in [0.2, 0.25) is 5.95 Å². The lowest BCUT2D eigenvalue weighted by atomic mass is 10.1. The molecule has 2 N–H and O–H groups in total. The first kappa shape index (κ1) is 19.3. The van der Waals surface area contributed by atoms with Crippen molar-refractivity contribution in [2.75, 3.05) is 28.6 Å². The van der Waals surface area contributed by atoms with Gasteiger partial charge in [0.05, 0.1) is 6.20 Å². The van der Waals surface area contributed by atoms with Gasteiger partial charge in [-0.1, -0.05) is 0 Å². The summed E-state index contributed by atoms with van der Waals surface area (Å²) in [7, 11) is 0. The number of carbonyl (C=O) groups excluding carboxylic acids is 1. The quantitative estimate of drug-likeness (QED) is 0.564. The third kappa shape index (κ3) is 4.82. The molecule has 2 aromatic carbocycles. The molecule has 0 fully saturated rings. The summed E-state index contributed by atoms with van der Waals surface area (Å²) in [6, 6.07) is 15.3. The fourth-order valence-corrected chi connectivity index (χ4v) is 2.83. The number of carbonyl (C=O) groups is 1. The van der Waals surface area contributed by atoms with Crippen molar-refractivity contribution in [3.8, 4) is 0 Å². The highest BCUT2D eigenvalue weighted by atomic mass is 16.1. The topological polar surface area (TPSA) is 83.0 Å². The van der Waals surface area contributed by atoms with E-state index in [1.54, 1.807) is 25.3 Å². The molecule has 3 rings (SSSR count). The van der Waals surface area contributed by atoms with Crippen LogP contribution in [0, 0.1) is 0 Å². The molecule has 3 aromatic rings. The second-order valence-electron chi connectivity index (χ2n) is 6.27. The monoisotopic (exact) mass is 376 g/mol. The van der Waals surface area contributed by atoms with Gasteiger partial charge in [0.15, 0.2) is 11.6 Å². The summed E-state index contributed by atoms with van der Waals surface area (Å²) in [5, 5.41) is 14.3. The Balaban J connectivity index is 1.68. The fraction of sp³-hybridized carbons (Fsp3) is 0.238. The van der Waals surface area contributed by atoms with Crippen molar-refractivity contribution in [1.29, 1.82) is 0 Å². The van der Waals surface area contributed by atoms with Gasteiger partial charge in [-0.3, -0.25) is 4.79 Å². The SMILES string of the molecule is CCN(CC)c1ccc(Nc2cnnc(Nc3ccc(C(C)=O)cc3)n2)cc1. The van der Waals surface area contributed by atoms with Crippen LogP contribution in [0.4, 0.5) is 28.8 Å². The van der Waals surface area contributed by atoms with E-state index in [0.717, 1.165) is 24.5 Å². The van der Waals surface area contributed by atoms with Gasteiger partial charge in [0.1, 0.15) is 0 Å². The maximum Gasteiger partial charge on any atom is 0.249 e. The van der Waals surface area contributed by atoms with E-state index in [9.17, 15) is 4.79 Å². The number of hydrogen-bond acceptors (Lipinski definition) is 7. The molecule has 0 aliphatic heterocycles. The number of rotatable bonds is 8. The van der Waals surface area contributed by atoms with Crippen molar-refractivity contribution in [2.45, 2.75) is 20.8 Å². The number of ketones is 1. The summed E-state index contributed by atoms with van der Waals surface area (Å²) in [5.41, 5.74) is 3.56. The van der Waals surface area contributed by atoms with E-state index in [-0.39, 0.29) is 5.78 Å². The Hall–Kier alpha value is -3.48. The van der Waals surface area contributed by atoms with Crippen LogP contribution >= 0.6 is 0 Å². The zero-order valence-corrected chi connectivity index (χ0v) is 16.3. The number of nitrogens with one attached hydrogen (secondary N) is 2. The van der Waals surface area contributed by atoms with Gasteiger partial charge in [-0.15, -0.1) is 5.10 Å². The van der Waals surface area contributed by atoms with Gasteiger partial charge in [0, 0.05) is 35.7 Å². The molecule has 0 bridgehead atoms. The average molecular weight is 376 g/mol. The molecule has 0 amide bonds. The Morgan fingerprint density at radius 1 is 0.929 bits per heavy atom. The summed E-state index contributed by atoms with van der Waals surface area (Å²) in [4.78, 5) is 18.1. The zero-order chi connectivity index (χ0) is 19.9. The molecule has 0 aliphatic rings. The summed E-state index contributed by atoms with van der Waals surface area (Å²) in [6.07, 6.45) is 1.57. The molecular weight excluding hydrogens is 352 g/mol. The Bertz CT molecular complexity index is 920. The van der Waals surface area contributed by atoms with Crippen LogP contribution in [-0.2, 0) is 0 Å². The highest BCUT2D eigenvalue weighted by molar-refractivity contribution is 5.94. The van der Waals surface area contributed by atoms with Gasteiger partial charge < -0.3 is 15.5 Å². The lowest BCUT2D eigenvalue weighted by Gasteiger charge is -2.21. The third-order valence-corrected chi connectivity index (χ3v) is 4.37. The molecular formula is C21H24N6O. The molecule has 0 unspecified atom stereocenters. The molecule has 144 valence electrons. The average Bonchev–Trinajstić information content (AvgIpc) is 2.71. The lowest BCUT2D eigenvalue weighted by Crippen LogP contribution is -2.21. The van der Waals surface area contributed by atoms with E-state index in [0.29, 0.717) is 17.3 Å². The number of aromatic nitrogens is 3. The number of benzene rings is 2. The molecule has 7 nitrogen and oxygen atoms in total.